The van der Waals surface area contributed by atoms with E-state index in [1.54, 1.807) is 6.20 Å². The third kappa shape index (κ3) is 4.64. The normalized spacial score (nSPS) is 11.4. The maximum atomic E-state index is 10.9. The summed E-state index contributed by atoms with van der Waals surface area (Å²) in [7, 11) is -2.94. The van der Waals surface area contributed by atoms with Gasteiger partial charge in [0.2, 0.25) is 5.95 Å². The third-order valence-corrected chi connectivity index (χ3v) is 4.57. The Labute approximate surface area is 106 Å². The number of nitrogens with zero attached hydrogens (tertiary/aromatic N) is 2. The summed E-state index contributed by atoms with van der Waals surface area (Å²) in [5, 5.41) is 0.659. The number of nitrogens with two attached hydrogens (primary N) is 1. The van der Waals surface area contributed by atoms with E-state index in [2.05, 4.69) is 31.3 Å². The molecule has 0 atom stereocenters. The Kier molecular flexibility index (Phi) is 4.96. The lowest BCUT2D eigenvalue weighted by atomic mass is 10.7. The molecule has 0 spiro atoms. The second-order valence-electron chi connectivity index (χ2n) is 2.97. The molecule has 6 nitrogen and oxygen atoms in total. The molecule has 0 saturated carbocycles. The fourth-order valence-corrected chi connectivity index (χ4v) is 3.43. The number of hydrazine groups is 1. The zero-order valence-corrected chi connectivity index (χ0v) is 11.7. The fraction of sp³-hybridized carbons (Fsp3) is 0.429. The van der Waals surface area contributed by atoms with Gasteiger partial charge in [-0.3, -0.25) is 5.43 Å². The standard InChI is InChI=1S/C7H11BrN4O2S2/c1-16(13,14)3-2-15-6-5(8)4-10-7(11-6)12-9/h4H,2-3,9H2,1H3,(H,10,11,12). The van der Waals surface area contributed by atoms with Crippen LogP contribution in [0.25, 0.3) is 0 Å². The zero-order chi connectivity index (χ0) is 12.2. The monoisotopic (exact) mass is 326 g/mol. The minimum Gasteiger partial charge on any atom is -0.292 e. The van der Waals surface area contributed by atoms with Crippen LogP contribution >= 0.6 is 27.7 Å². The number of nitrogen functional groups attached to an aromatic ring is 1. The van der Waals surface area contributed by atoms with E-state index in [1.807, 2.05) is 0 Å². The third-order valence-electron chi connectivity index (χ3n) is 1.53. The first kappa shape index (κ1) is 13.7. The highest BCUT2D eigenvalue weighted by molar-refractivity contribution is 9.10. The van der Waals surface area contributed by atoms with Gasteiger partial charge in [-0.1, -0.05) is 0 Å². The summed E-state index contributed by atoms with van der Waals surface area (Å²) in [6, 6.07) is 0. The van der Waals surface area contributed by atoms with Crippen LogP contribution in [0.3, 0.4) is 0 Å². The molecule has 0 aliphatic carbocycles. The Morgan fingerprint density at radius 1 is 1.62 bits per heavy atom. The lowest BCUT2D eigenvalue weighted by Gasteiger charge is -2.04. The van der Waals surface area contributed by atoms with Crippen LogP contribution in [0.4, 0.5) is 5.95 Å². The molecule has 1 aromatic rings. The zero-order valence-electron chi connectivity index (χ0n) is 8.47. The molecule has 1 aromatic heterocycles. The second kappa shape index (κ2) is 5.80. The van der Waals surface area contributed by atoms with Crippen LogP contribution in [0, 0.1) is 0 Å². The van der Waals surface area contributed by atoms with Crippen LogP contribution in [0.5, 0.6) is 0 Å². The van der Waals surface area contributed by atoms with Crippen molar-refractivity contribution in [1.82, 2.24) is 9.97 Å². The topological polar surface area (TPSA) is 98.0 Å². The summed E-state index contributed by atoms with van der Waals surface area (Å²) < 4.78 is 22.6. The van der Waals surface area contributed by atoms with Crippen molar-refractivity contribution >= 4 is 43.5 Å². The maximum absolute atomic E-state index is 10.9. The van der Waals surface area contributed by atoms with Crippen molar-refractivity contribution < 1.29 is 8.42 Å². The van der Waals surface area contributed by atoms with Crippen molar-refractivity contribution in [3.63, 3.8) is 0 Å². The van der Waals surface area contributed by atoms with Crippen molar-refractivity contribution in [2.45, 2.75) is 5.03 Å². The average Bonchev–Trinajstić information content (AvgIpc) is 2.19. The number of rotatable bonds is 5. The van der Waals surface area contributed by atoms with E-state index in [4.69, 9.17) is 5.84 Å². The molecule has 0 aliphatic rings. The van der Waals surface area contributed by atoms with Crippen LogP contribution in [-0.4, -0.2) is 36.1 Å². The van der Waals surface area contributed by atoms with E-state index in [-0.39, 0.29) is 5.75 Å². The Morgan fingerprint density at radius 2 is 2.31 bits per heavy atom. The highest BCUT2D eigenvalue weighted by Crippen LogP contribution is 2.25. The number of nitrogens with one attached hydrogen (secondary N) is 1. The summed E-state index contributed by atoms with van der Waals surface area (Å²) in [4.78, 5) is 7.97. The van der Waals surface area contributed by atoms with E-state index in [1.165, 1.54) is 18.0 Å². The van der Waals surface area contributed by atoms with Gasteiger partial charge in [-0.15, -0.1) is 11.8 Å². The highest BCUT2D eigenvalue weighted by Gasteiger charge is 2.07. The summed E-state index contributed by atoms with van der Waals surface area (Å²) in [5.41, 5.74) is 2.33. The van der Waals surface area contributed by atoms with Crippen molar-refractivity contribution in [2.24, 2.45) is 5.84 Å². The minimum atomic E-state index is -2.94. The number of sulfone groups is 1. The first-order valence-electron chi connectivity index (χ1n) is 4.22. The smallest absolute Gasteiger partial charge is 0.238 e. The van der Waals surface area contributed by atoms with Crippen LogP contribution in [0.1, 0.15) is 0 Å². The average molecular weight is 327 g/mol. The Balaban J connectivity index is 2.66. The summed E-state index contributed by atoms with van der Waals surface area (Å²) in [6.45, 7) is 0. The summed E-state index contributed by atoms with van der Waals surface area (Å²) in [5.74, 6) is 6.02. The van der Waals surface area contributed by atoms with Gasteiger partial charge in [0.05, 0.1) is 10.2 Å². The Bertz CT molecular complexity index is 465. The lowest BCUT2D eigenvalue weighted by molar-refractivity contribution is 0.603. The lowest BCUT2D eigenvalue weighted by Crippen LogP contribution is -2.11. The molecular weight excluding hydrogens is 316 g/mol. The van der Waals surface area contributed by atoms with Crippen LogP contribution in [-0.2, 0) is 9.84 Å². The van der Waals surface area contributed by atoms with E-state index in [9.17, 15) is 8.42 Å². The molecule has 1 rings (SSSR count). The maximum Gasteiger partial charge on any atom is 0.238 e. The molecular formula is C7H11BrN4O2S2. The van der Waals surface area contributed by atoms with Gasteiger partial charge in [-0.2, -0.15) is 0 Å². The number of thioether (sulfide) groups is 1. The van der Waals surface area contributed by atoms with Gasteiger partial charge >= 0.3 is 0 Å². The summed E-state index contributed by atoms with van der Waals surface area (Å²) >= 11 is 4.61. The number of halogens is 1. The van der Waals surface area contributed by atoms with Gasteiger partial charge in [0.1, 0.15) is 14.9 Å². The van der Waals surface area contributed by atoms with Gasteiger partial charge in [0.25, 0.3) is 0 Å². The predicted molar refractivity (Wildman–Crippen MR) is 68.0 cm³/mol. The van der Waals surface area contributed by atoms with Crippen molar-refractivity contribution in [3.05, 3.63) is 10.7 Å². The van der Waals surface area contributed by atoms with Crippen molar-refractivity contribution in [1.29, 1.82) is 0 Å². The Morgan fingerprint density at radius 3 is 2.88 bits per heavy atom. The molecule has 0 amide bonds. The van der Waals surface area contributed by atoms with Gasteiger partial charge in [0.15, 0.2) is 0 Å². The largest absolute Gasteiger partial charge is 0.292 e. The molecule has 9 heteroatoms. The molecule has 3 N–H and O–H groups in total. The van der Waals surface area contributed by atoms with Gasteiger partial charge in [-0.25, -0.2) is 24.2 Å². The van der Waals surface area contributed by atoms with Crippen LogP contribution in [0.15, 0.2) is 15.7 Å². The molecule has 0 saturated heterocycles. The highest BCUT2D eigenvalue weighted by atomic mass is 79.9. The van der Waals surface area contributed by atoms with Gasteiger partial charge < -0.3 is 0 Å². The molecule has 1 heterocycles. The first-order valence-corrected chi connectivity index (χ1v) is 8.06. The Hall–Kier alpha value is -0.380. The number of anilines is 1. The van der Waals surface area contributed by atoms with Crippen molar-refractivity contribution in [2.75, 3.05) is 23.2 Å². The summed E-state index contributed by atoms with van der Waals surface area (Å²) in [6.07, 6.45) is 2.76. The predicted octanol–water partition coefficient (Wildman–Crippen LogP) is 0.661. The molecule has 90 valence electrons. The first-order chi connectivity index (χ1) is 7.42. The van der Waals surface area contributed by atoms with Gasteiger partial charge in [-0.05, 0) is 15.9 Å². The molecule has 0 unspecified atom stereocenters. The van der Waals surface area contributed by atoms with E-state index < -0.39 is 9.84 Å². The number of hydrogen-bond donors (Lipinski definition) is 2. The quantitative estimate of drug-likeness (QED) is 0.355. The molecule has 0 radical (unpaired) electrons. The van der Waals surface area contributed by atoms with E-state index >= 15 is 0 Å². The molecule has 0 aromatic carbocycles. The second-order valence-corrected chi connectivity index (χ2v) is 7.17. The molecule has 0 fully saturated rings. The minimum absolute atomic E-state index is 0.111. The van der Waals surface area contributed by atoms with Crippen molar-refractivity contribution in [3.8, 4) is 0 Å². The number of aromatic nitrogens is 2. The molecule has 0 aliphatic heterocycles. The fourth-order valence-electron chi connectivity index (χ4n) is 0.812. The van der Waals surface area contributed by atoms with E-state index in [0.717, 1.165) is 0 Å². The SMILES string of the molecule is CS(=O)(=O)CCSc1nc(NN)ncc1Br. The molecule has 16 heavy (non-hydrogen) atoms. The van der Waals surface area contributed by atoms with Crippen LogP contribution in [0.2, 0.25) is 0 Å². The number of hydrogen-bond acceptors (Lipinski definition) is 7. The van der Waals surface area contributed by atoms with E-state index in [0.29, 0.717) is 21.2 Å². The molecule has 0 bridgehead atoms. The van der Waals surface area contributed by atoms with Crippen LogP contribution < -0.4 is 11.3 Å². The van der Waals surface area contributed by atoms with Gasteiger partial charge in [0, 0.05) is 18.2 Å².